The second kappa shape index (κ2) is 15.0. The molecule has 9 heteroatoms. The van der Waals surface area contributed by atoms with Gasteiger partial charge in [-0.05, 0) is 58.9 Å². The number of amides is 3. The minimum atomic E-state index is -1.08. The molecule has 3 N–H and O–H groups in total. The van der Waals surface area contributed by atoms with Crippen LogP contribution in [-0.4, -0.2) is 57.9 Å². The van der Waals surface area contributed by atoms with Crippen molar-refractivity contribution < 1.29 is 24.2 Å². The SMILES string of the molecule is CCCCNC(=O)C(c1ccccc1O)N(C(=O)C(CS)NC(=O)OC(C)(C)C)C(C)CCC(C)C. The predicted molar refractivity (Wildman–Crippen MR) is 146 cm³/mol. The topological polar surface area (TPSA) is 108 Å². The number of alkyl carbamates (subject to hydrolysis) is 1. The molecule has 36 heavy (non-hydrogen) atoms. The molecule has 8 nitrogen and oxygen atoms in total. The van der Waals surface area contributed by atoms with Gasteiger partial charge in [0.25, 0.3) is 0 Å². The summed E-state index contributed by atoms with van der Waals surface area (Å²) >= 11 is 4.32. The van der Waals surface area contributed by atoms with Crippen molar-refractivity contribution in [2.75, 3.05) is 12.3 Å². The normalized spacial score (nSPS) is 14.0. The van der Waals surface area contributed by atoms with Gasteiger partial charge in [0.1, 0.15) is 23.4 Å². The Labute approximate surface area is 222 Å². The van der Waals surface area contributed by atoms with E-state index in [4.69, 9.17) is 4.74 Å². The van der Waals surface area contributed by atoms with Crippen LogP contribution in [0, 0.1) is 5.92 Å². The quantitative estimate of drug-likeness (QED) is 0.219. The summed E-state index contributed by atoms with van der Waals surface area (Å²) in [6, 6.07) is 4.06. The zero-order chi connectivity index (χ0) is 27.5. The van der Waals surface area contributed by atoms with Crippen molar-refractivity contribution in [2.24, 2.45) is 5.92 Å². The molecule has 0 bridgehead atoms. The molecule has 3 unspecified atom stereocenters. The van der Waals surface area contributed by atoms with Gasteiger partial charge in [-0.2, -0.15) is 12.6 Å². The molecular weight excluding hydrogens is 478 g/mol. The van der Waals surface area contributed by atoms with Crippen molar-refractivity contribution in [2.45, 2.75) is 97.9 Å². The van der Waals surface area contributed by atoms with E-state index in [2.05, 4.69) is 37.1 Å². The molecule has 1 aromatic rings. The fourth-order valence-electron chi connectivity index (χ4n) is 3.75. The number of phenolic OH excluding ortho intramolecular Hbond substituents is 1. The molecule has 0 aliphatic rings. The van der Waals surface area contributed by atoms with E-state index in [0.29, 0.717) is 24.4 Å². The van der Waals surface area contributed by atoms with E-state index < -0.39 is 29.7 Å². The van der Waals surface area contributed by atoms with E-state index in [1.165, 1.54) is 11.0 Å². The van der Waals surface area contributed by atoms with E-state index >= 15 is 0 Å². The zero-order valence-electron chi connectivity index (χ0n) is 22.8. The van der Waals surface area contributed by atoms with Crippen molar-refractivity contribution in [3.05, 3.63) is 29.8 Å². The number of phenols is 1. The number of unbranched alkanes of at least 4 members (excludes halogenated alkanes) is 1. The Hall–Kier alpha value is -2.42. The van der Waals surface area contributed by atoms with Crippen molar-refractivity contribution in [3.63, 3.8) is 0 Å². The molecule has 0 heterocycles. The number of thiol groups is 1. The second-order valence-corrected chi connectivity index (χ2v) is 10.9. The first-order chi connectivity index (χ1) is 16.8. The Morgan fingerprint density at radius 2 is 1.75 bits per heavy atom. The lowest BCUT2D eigenvalue weighted by Crippen LogP contribution is -2.56. The fourth-order valence-corrected chi connectivity index (χ4v) is 4.00. The van der Waals surface area contributed by atoms with Gasteiger partial charge in [-0.1, -0.05) is 45.4 Å². The Bertz CT molecular complexity index is 856. The van der Waals surface area contributed by atoms with Crippen LogP contribution in [-0.2, 0) is 14.3 Å². The maximum atomic E-state index is 14.0. The minimum Gasteiger partial charge on any atom is -0.508 e. The summed E-state index contributed by atoms with van der Waals surface area (Å²) in [5.74, 6) is -0.525. The Kier molecular flexibility index (Phi) is 13.1. The Morgan fingerprint density at radius 3 is 2.28 bits per heavy atom. The molecule has 0 radical (unpaired) electrons. The first-order valence-corrected chi connectivity index (χ1v) is 13.4. The summed E-state index contributed by atoms with van der Waals surface area (Å²) in [6.07, 6.45) is 2.42. The van der Waals surface area contributed by atoms with E-state index in [-0.39, 0.29) is 23.5 Å². The molecule has 1 aromatic carbocycles. The molecule has 0 saturated heterocycles. The highest BCUT2D eigenvalue weighted by molar-refractivity contribution is 7.80. The third-order valence-corrected chi connectivity index (χ3v) is 6.02. The third-order valence-electron chi connectivity index (χ3n) is 5.65. The van der Waals surface area contributed by atoms with Crippen molar-refractivity contribution in [1.82, 2.24) is 15.5 Å². The summed E-state index contributed by atoms with van der Waals surface area (Å²) in [6.45, 7) is 13.8. The van der Waals surface area contributed by atoms with Crippen LogP contribution in [0.25, 0.3) is 0 Å². The van der Waals surface area contributed by atoms with Crippen molar-refractivity contribution in [1.29, 1.82) is 0 Å². The van der Waals surface area contributed by atoms with Crippen LogP contribution in [0.1, 0.15) is 85.8 Å². The number of ether oxygens (including phenoxy) is 1. The summed E-state index contributed by atoms with van der Waals surface area (Å²) < 4.78 is 5.34. The number of hydrogen-bond acceptors (Lipinski definition) is 6. The molecule has 0 saturated carbocycles. The number of benzene rings is 1. The van der Waals surface area contributed by atoms with Crippen LogP contribution in [0.15, 0.2) is 24.3 Å². The Morgan fingerprint density at radius 1 is 1.11 bits per heavy atom. The number of nitrogens with zero attached hydrogens (tertiary/aromatic N) is 1. The summed E-state index contributed by atoms with van der Waals surface area (Å²) in [7, 11) is 0. The van der Waals surface area contributed by atoms with Gasteiger partial charge in [-0.3, -0.25) is 9.59 Å². The van der Waals surface area contributed by atoms with Gasteiger partial charge in [0.15, 0.2) is 0 Å². The maximum absolute atomic E-state index is 14.0. The number of para-hydroxylation sites is 1. The maximum Gasteiger partial charge on any atom is 0.408 e. The van der Waals surface area contributed by atoms with E-state index in [9.17, 15) is 19.5 Å². The molecule has 3 amide bonds. The third kappa shape index (κ3) is 10.3. The number of aromatic hydroxyl groups is 1. The van der Waals surface area contributed by atoms with Crippen LogP contribution in [0.3, 0.4) is 0 Å². The molecular formula is C27H45N3O5S. The fraction of sp³-hybridized carbons (Fsp3) is 0.667. The first kappa shape index (κ1) is 31.6. The molecule has 0 aliphatic heterocycles. The molecule has 0 fully saturated rings. The van der Waals surface area contributed by atoms with Crippen molar-refractivity contribution >= 4 is 30.5 Å². The monoisotopic (exact) mass is 523 g/mol. The number of hydrogen-bond donors (Lipinski definition) is 4. The van der Waals surface area contributed by atoms with Gasteiger partial charge >= 0.3 is 6.09 Å². The second-order valence-electron chi connectivity index (χ2n) is 10.6. The first-order valence-electron chi connectivity index (χ1n) is 12.8. The summed E-state index contributed by atoms with van der Waals surface area (Å²) in [5.41, 5.74) is -0.415. The van der Waals surface area contributed by atoms with Gasteiger partial charge in [-0.15, -0.1) is 0 Å². The average molecular weight is 524 g/mol. The number of nitrogens with one attached hydrogen (secondary N) is 2. The average Bonchev–Trinajstić information content (AvgIpc) is 2.78. The molecule has 0 aliphatic carbocycles. The number of rotatable bonds is 13. The lowest BCUT2D eigenvalue weighted by Gasteiger charge is -2.38. The van der Waals surface area contributed by atoms with Crippen molar-refractivity contribution in [3.8, 4) is 5.75 Å². The lowest BCUT2D eigenvalue weighted by atomic mass is 9.96. The van der Waals surface area contributed by atoms with Crippen LogP contribution < -0.4 is 10.6 Å². The van der Waals surface area contributed by atoms with Gasteiger partial charge in [0, 0.05) is 23.9 Å². The minimum absolute atomic E-state index is 0.0103. The summed E-state index contributed by atoms with van der Waals surface area (Å²) in [5, 5.41) is 16.2. The lowest BCUT2D eigenvalue weighted by molar-refractivity contribution is -0.144. The van der Waals surface area contributed by atoms with Gasteiger partial charge < -0.3 is 25.4 Å². The number of carbonyl (C=O) groups excluding carboxylic acids is 3. The van der Waals surface area contributed by atoms with E-state index in [1.807, 2.05) is 13.8 Å². The van der Waals surface area contributed by atoms with Crippen LogP contribution in [0.4, 0.5) is 4.79 Å². The van der Waals surface area contributed by atoms with Gasteiger partial charge in [0.05, 0.1) is 0 Å². The highest BCUT2D eigenvalue weighted by Gasteiger charge is 2.39. The zero-order valence-corrected chi connectivity index (χ0v) is 23.7. The van der Waals surface area contributed by atoms with E-state index in [1.54, 1.807) is 39.0 Å². The van der Waals surface area contributed by atoms with Crippen LogP contribution in [0.5, 0.6) is 5.75 Å². The Balaban J connectivity index is 3.48. The largest absolute Gasteiger partial charge is 0.508 e. The standard InChI is InChI=1S/C27H45N3O5S/c1-8-9-16-28-24(32)23(20-12-10-11-13-22(20)31)30(19(4)15-14-18(2)3)25(33)21(17-36)29-26(34)35-27(5,6)7/h10-13,18-19,21,23,31,36H,8-9,14-17H2,1-7H3,(H,28,32)(H,29,34). The number of carbonyl (C=O) groups is 3. The van der Waals surface area contributed by atoms with E-state index in [0.717, 1.165) is 19.3 Å². The summed E-state index contributed by atoms with van der Waals surface area (Å²) in [4.78, 5) is 41.5. The molecule has 3 atom stereocenters. The van der Waals surface area contributed by atoms with Gasteiger partial charge in [0.2, 0.25) is 11.8 Å². The highest BCUT2D eigenvalue weighted by atomic mass is 32.1. The smallest absolute Gasteiger partial charge is 0.408 e. The molecule has 1 rings (SSSR count). The predicted octanol–water partition coefficient (Wildman–Crippen LogP) is 4.83. The van der Waals surface area contributed by atoms with Gasteiger partial charge in [-0.25, -0.2) is 4.79 Å². The molecule has 0 aromatic heterocycles. The van der Waals surface area contributed by atoms with Crippen LogP contribution >= 0.6 is 12.6 Å². The molecule has 204 valence electrons. The highest BCUT2D eigenvalue weighted by Crippen LogP contribution is 2.32. The van der Waals surface area contributed by atoms with Crippen LogP contribution in [0.2, 0.25) is 0 Å². The molecule has 0 spiro atoms.